The Hall–Kier alpha value is -2.80. The van der Waals surface area contributed by atoms with Gasteiger partial charge in [0.05, 0.1) is 30.9 Å². The number of benzene rings is 1. The van der Waals surface area contributed by atoms with Crippen molar-refractivity contribution in [3.05, 3.63) is 54.6 Å². The molecule has 7 nitrogen and oxygen atoms in total. The Bertz CT molecular complexity index is 798. The zero-order valence-corrected chi connectivity index (χ0v) is 18.6. The Morgan fingerprint density at radius 1 is 1.26 bits per heavy atom. The Balaban J connectivity index is 2.41. The van der Waals surface area contributed by atoms with Crippen molar-refractivity contribution in [1.29, 1.82) is 0 Å². The lowest BCUT2D eigenvalue weighted by molar-refractivity contribution is -0.0257. The molecule has 0 bridgehead atoms. The lowest BCUT2D eigenvalue weighted by Crippen LogP contribution is -2.45. The van der Waals surface area contributed by atoms with Gasteiger partial charge in [-0.1, -0.05) is 18.2 Å². The zero-order chi connectivity index (χ0) is 23.0. The molecule has 1 aliphatic rings. The highest BCUT2D eigenvalue weighted by atomic mass is 16.6. The van der Waals surface area contributed by atoms with Crippen molar-refractivity contribution in [2.24, 2.45) is 0 Å². The number of rotatable bonds is 9. The number of carboxylic acids is 1. The Morgan fingerprint density at radius 2 is 2.00 bits per heavy atom. The van der Waals surface area contributed by atoms with Gasteiger partial charge in [-0.15, -0.1) is 13.2 Å². The molecule has 2 rings (SSSR count). The summed E-state index contributed by atoms with van der Waals surface area (Å²) in [5.74, 6) is -0.607. The molecule has 0 aromatic heterocycles. The summed E-state index contributed by atoms with van der Waals surface area (Å²) in [6.07, 6.45) is 4.76. The molecular formula is C24H33NO6. The van der Waals surface area contributed by atoms with Crippen LogP contribution in [0.25, 0.3) is 0 Å². The van der Waals surface area contributed by atoms with Crippen LogP contribution in [-0.4, -0.2) is 53.5 Å². The van der Waals surface area contributed by atoms with Crippen molar-refractivity contribution in [2.45, 2.75) is 57.8 Å². The van der Waals surface area contributed by atoms with E-state index in [4.69, 9.17) is 14.2 Å². The lowest BCUT2D eigenvalue weighted by atomic mass is 9.92. The molecule has 1 aliphatic heterocycles. The Kier molecular flexibility index (Phi) is 8.68. The second-order valence-corrected chi connectivity index (χ2v) is 8.44. The Morgan fingerprint density at radius 3 is 2.61 bits per heavy atom. The molecule has 1 heterocycles. The van der Waals surface area contributed by atoms with Crippen molar-refractivity contribution in [1.82, 2.24) is 4.90 Å². The minimum atomic E-state index is -1.04. The smallest absolute Gasteiger partial charge is 0.410 e. The molecule has 0 unspecified atom stereocenters. The van der Waals surface area contributed by atoms with E-state index < -0.39 is 17.7 Å². The Labute approximate surface area is 184 Å². The van der Waals surface area contributed by atoms with Crippen LogP contribution in [-0.2, 0) is 9.47 Å². The molecule has 1 N–H and O–H groups in total. The number of nitrogens with zero attached hydrogens (tertiary/aromatic N) is 1. The SMILES string of the molecule is C=CCCOc1cc(C(=O)O)ccc1[C@@H]1C[C@@H](OCC=C)CCN1C(=O)OC(C)(C)C. The number of aromatic carboxylic acids is 1. The molecule has 0 saturated carbocycles. The summed E-state index contributed by atoms with van der Waals surface area (Å²) in [5, 5.41) is 9.40. The first kappa shape index (κ1) is 24.5. The second kappa shape index (κ2) is 11.0. The van der Waals surface area contributed by atoms with E-state index in [0.717, 1.165) is 5.56 Å². The highest BCUT2D eigenvalue weighted by Crippen LogP contribution is 2.38. The van der Waals surface area contributed by atoms with E-state index in [1.165, 1.54) is 12.1 Å². The first-order chi connectivity index (χ1) is 14.7. The molecule has 1 aromatic carbocycles. The number of carboxylic acid groups (broad SMARTS) is 1. The van der Waals surface area contributed by atoms with Crippen LogP contribution in [0, 0.1) is 0 Å². The van der Waals surface area contributed by atoms with E-state index in [9.17, 15) is 14.7 Å². The average Bonchev–Trinajstić information content (AvgIpc) is 2.70. The van der Waals surface area contributed by atoms with Crippen molar-refractivity contribution < 1.29 is 28.9 Å². The number of ether oxygens (including phenoxy) is 3. The number of likely N-dealkylation sites (tertiary alicyclic amines) is 1. The van der Waals surface area contributed by atoms with E-state index in [2.05, 4.69) is 13.2 Å². The van der Waals surface area contributed by atoms with Gasteiger partial charge in [-0.2, -0.15) is 0 Å². The molecular weight excluding hydrogens is 398 g/mol. The van der Waals surface area contributed by atoms with Gasteiger partial charge in [0.1, 0.15) is 11.4 Å². The predicted octanol–water partition coefficient (Wildman–Crippen LogP) is 4.98. The van der Waals surface area contributed by atoms with Gasteiger partial charge >= 0.3 is 12.1 Å². The van der Waals surface area contributed by atoms with Gasteiger partial charge in [0.2, 0.25) is 0 Å². The third-order valence-corrected chi connectivity index (χ3v) is 4.83. The van der Waals surface area contributed by atoms with Crippen molar-refractivity contribution in [2.75, 3.05) is 19.8 Å². The third kappa shape index (κ3) is 7.14. The number of hydrogen-bond donors (Lipinski definition) is 1. The largest absolute Gasteiger partial charge is 0.493 e. The van der Waals surface area contributed by atoms with Crippen molar-refractivity contribution >= 4 is 12.1 Å². The van der Waals surface area contributed by atoms with Gasteiger partial charge in [0.25, 0.3) is 0 Å². The van der Waals surface area contributed by atoms with Crippen LogP contribution in [0.5, 0.6) is 5.75 Å². The highest BCUT2D eigenvalue weighted by molar-refractivity contribution is 5.88. The van der Waals surface area contributed by atoms with E-state index in [1.54, 1.807) is 23.1 Å². The van der Waals surface area contributed by atoms with Crippen LogP contribution in [0.4, 0.5) is 4.79 Å². The van der Waals surface area contributed by atoms with Crippen LogP contribution < -0.4 is 4.74 Å². The summed E-state index contributed by atoms with van der Waals surface area (Å²) in [4.78, 5) is 26.1. The monoisotopic (exact) mass is 431 g/mol. The second-order valence-electron chi connectivity index (χ2n) is 8.44. The minimum absolute atomic E-state index is 0.0677. The standard InChI is InChI=1S/C24H33NO6/c1-6-8-14-30-21-15-17(22(26)27)9-10-19(21)20-16-18(29-13-7-2)11-12-25(20)23(28)31-24(3,4)5/h6-7,9-10,15,18,20H,1-2,8,11-14,16H2,3-5H3,(H,26,27)/t18-,20-/m0/s1. The van der Waals surface area contributed by atoms with Gasteiger partial charge < -0.3 is 24.2 Å². The maximum atomic E-state index is 13.0. The quantitative estimate of drug-likeness (QED) is 0.438. The first-order valence-electron chi connectivity index (χ1n) is 10.5. The molecule has 1 amide bonds. The number of carbonyl (C=O) groups excluding carboxylic acids is 1. The number of carbonyl (C=O) groups is 2. The molecule has 0 aliphatic carbocycles. The van der Waals surface area contributed by atoms with Crippen LogP contribution >= 0.6 is 0 Å². The minimum Gasteiger partial charge on any atom is -0.493 e. The lowest BCUT2D eigenvalue weighted by Gasteiger charge is -2.40. The van der Waals surface area contributed by atoms with Gasteiger partial charge in [-0.05, 0) is 52.2 Å². The number of piperidine rings is 1. The fourth-order valence-electron chi connectivity index (χ4n) is 3.44. The molecule has 1 aromatic rings. The maximum absolute atomic E-state index is 13.0. The fraction of sp³-hybridized carbons (Fsp3) is 0.500. The van der Waals surface area contributed by atoms with E-state index in [-0.39, 0.29) is 17.7 Å². The number of hydrogen-bond acceptors (Lipinski definition) is 5. The predicted molar refractivity (Wildman–Crippen MR) is 119 cm³/mol. The highest BCUT2D eigenvalue weighted by Gasteiger charge is 2.37. The summed E-state index contributed by atoms with van der Waals surface area (Å²) in [7, 11) is 0. The van der Waals surface area contributed by atoms with E-state index in [1.807, 2.05) is 20.8 Å². The van der Waals surface area contributed by atoms with Crippen LogP contribution in [0.1, 0.15) is 62.0 Å². The molecule has 170 valence electrons. The van der Waals surface area contributed by atoms with Crippen molar-refractivity contribution in [3.8, 4) is 5.75 Å². The summed E-state index contributed by atoms with van der Waals surface area (Å²) in [6.45, 7) is 14.1. The molecule has 31 heavy (non-hydrogen) atoms. The molecule has 1 fully saturated rings. The van der Waals surface area contributed by atoms with E-state index >= 15 is 0 Å². The molecule has 1 saturated heterocycles. The topological polar surface area (TPSA) is 85.3 Å². The van der Waals surface area contributed by atoms with Crippen LogP contribution in [0.2, 0.25) is 0 Å². The molecule has 7 heteroatoms. The maximum Gasteiger partial charge on any atom is 0.410 e. The average molecular weight is 432 g/mol. The molecule has 0 spiro atoms. The summed E-state index contributed by atoms with van der Waals surface area (Å²) >= 11 is 0. The summed E-state index contributed by atoms with van der Waals surface area (Å²) < 4.78 is 17.4. The summed E-state index contributed by atoms with van der Waals surface area (Å²) in [5.41, 5.74) is 0.220. The first-order valence-corrected chi connectivity index (χ1v) is 10.5. The van der Waals surface area contributed by atoms with Crippen molar-refractivity contribution in [3.63, 3.8) is 0 Å². The van der Waals surface area contributed by atoms with E-state index in [0.29, 0.717) is 44.8 Å². The molecule has 0 radical (unpaired) electrons. The van der Waals surface area contributed by atoms with Gasteiger partial charge in [0, 0.05) is 12.1 Å². The zero-order valence-electron chi connectivity index (χ0n) is 18.6. The third-order valence-electron chi connectivity index (χ3n) is 4.83. The van der Waals surface area contributed by atoms with Gasteiger partial charge in [-0.3, -0.25) is 0 Å². The summed E-state index contributed by atoms with van der Waals surface area (Å²) in [6, 6.07) is 4.37. The van der Waals surface area contributed by atoms with Gasteiger partial charge in [-0.25, -0.2) is 9.59 Å². The number of amides is 1. The van der Waals surface area contributed by atoms with Crippen LogP contribution in [0.3, 0.4) is 0 Å². The van der Waals surface area contributed by atoms with Crippen LogP contribution in [0.15, 0.2) is 43.5 Å². The molecule has 2 atom stereocenters. The normalized spacial score (nSPS) is 18.9. The fourth-order valence-corrected chi connectivity index (χ4v) is 3.44. The van der Waals surface area contributed by atoms with Gasteiger partial charge in [0.15, 0.2) is 0 Å².